The molecule has 0 bridgehead atoms. The van der Waals surface area contributed by atoms with Gasteiger partial charge in [-0.05, 0) is 12.8 Å². The Kier molecular flexibility index (Phi) is 14.7. The number of Topliss-reactive ketones (excluding diaryl/α,β-unsaturated/α-hetero) is 1. The second-order valence-corrected chi connectivity index (χ2v) is 8.32. The Balaban J connectivity index is 2.57. The van der Waals surface area contributed by atoms with E-state index in [0.717, 1.165) is 51.4 Å². The lowest BCUT2D eigenvalue weighted by Gasteiger charge is -2.16. The molecule has 0 aliphatic heterocycles. The maximum atomic E-state index is 12.6. The van der Waals surface area contributed by atoms with Crippen LogP contribution >= 0.6 is 11.6 Å². The van der Waals surface area contributed by atoms with Crippen molar-refractivity contribution in [1.29, 1.82) is 0 Å². The van der Waals surface area contributed by atoms with Gasteiger partial charge in [0.05, 0.1) is 30.9 Å². The summed E-state index contributed by atoms with van der Waals surface area (Å²) >= 11 is 6.22. The minimum absolute atomic E-state index is 0.159. The molecule has 0 fully saturated rings. The fraction of sp³-hybridized carbons (Fsp3) is 0.739. The number of ether oxygens (including phenoxy) is 2. The third-order valence-corrected chi connectivity index (χ3v) is 5.37. The summed E-state index contributed by atoms with van der Waals surface area (Å²) in [6.45, 7) is 4.82. The molecule has 0 saturated heterocycles. The van der Waals surface area contributed by atoms with Crippen LogP contribution in [0.3, 0.4) is 0 Å². The van der Waals surface area contributed by atoms with Crippen molar-refractivity contribution in [3.8, 4) is 0 Å². The molecule has 0 aromatic carbocycles. The SMILES string of the molecule is CCCCCCOC(=O)C[C@@H](CC(=O)[C@@H](Cl)Cc1ncc[nH]1)C(=O)OCCCCCC. The molecular weight excluding hydrogens is 420 g/mol. The summed E-state index contributed by atoms with van der Waals surface area (Å²) < 4.78 is 10.6. The van der Waals surface area contributed by atoms with Gasteiger partial charge < -0.3 is 14.5 Å². The molecule has 31 heavy (non-hydrogen) atoms. The van der Waals surface area contributed by atoms with E-state index in [1.165, 1.54) is 0 Å². The van der Waals surface area contributed by atoms with Crippen molar-refractivity contribution in [3.63, 3.8) is 0 Å². The fourth-order valence-corrected chi connectivity index (χ4v) is 3.33. The van der Waals surface area contributed by atoms with Crippen molar-refractivity contribution in [3.05, 3.63) is 18.2 Å². The average Bonchev–Trinajstić information content (AvgIpc) is 3.25. The van der Waals surface area contributed by atoms with E-state index in [4.69, 9.17) is 21.1 Å². The van der Waals surface area contributed by atoms with E-state index in [9.17, 15) is 14.4 Å². The predicted octanol–water partition coefficient (Wildman–Crippen LogP) is 4.77. The summed E-state index contributed by atoms with van der Waals surface area (Å²) in [6.07, 6.45) is 11.0. The Morgan fingerprint density at radius 3 is 2.19 bits per heavy atom. The molecule has 0 saturated carbocycles. The highest BCUT2D eigenvalue weighted by Gasteiger charge is 2.29. The van der Waals surface area contributed by atoms with E-state index >= 15 is 0 Å². The Hall–Kier alpha value is -1.89. The van der Waals surface area contributed by atoms with Gasteiger partial charge in [-0.1, -0.05) is 52.4 Å². The van der Waals surface area contributed by atoms with Crippen LogP contribution in [0.5, 0.6) is 0 Å². The van der Waals surface area contributed by atoms with E-state index in [2.05, 4.69) is 23.8 Å². The highest BCUT2D eigenvalue weighted by atomic mass is 35.5. The first-order valence-electron chi connectivity index (χ1n) is 11.4. The van der Waals surface area contributed by atoms with Gasteiger partial charge in [0.15, 0.2) is 5.78 Å². The maximum Gasteiger partial charge on any atom is 0.309 e. The fourth-order valence-electron chi connectivity index (χ4n) is 3.10. The van der Waals surface area contributed by atoms with Gasteiger partial charge >= 0.3 is 11.9 Å². The molecule has 8 heteroatoms. The molecule has 1 heterocycles. The van der Waals surface area contributed by atoms with Gasteiger partial charge in [0.25, 0.3) is 0 Å². The van der Waals surface area contributed by atoms with Crippen molar-refractivity contribution in [2.45, 2.75) is 89.9 Å². The second-order valence-electron chi connectivity index (χ2n) is 7.79. The zero-order valence-electron chi connectivity index (χ0n) is 18.9. The van der Waals surface area contributed by atoms with Gasteiger partial charge in [0, 0.05) is 25.2 Å². The topological polar surface area (TPSA) is 98.4 Å². The molecule has 0 spiro atoms. The monoisotopic (exact) mass is 456 g/mol. The average molecular weight is 457 g/mol. The molecule has 0 amide bonds. The Bertz CT molecular complexity index is 636. The molecule has 1 rings (SSSR count). The summed E-state index contributed by atoms with van der Waals surface area (Å²) in [5.74, 6) is -1.65. The number of carbonyl (C=O) groups excluding carboxylic acids is 3. The molecule has 0 aliphatic rings. The van der Waals surface area contributed by atoms with Crippen molar-refractivity contribution in [2.24, 2.45) is 5.92 Å². The Morgan fingerprint density at radius 2 is 1.61 bits per heavy atom. The number of imidazole rings is 1. The molecule has 1 aromatic rings. The number of rotatable bonds is 18. The van der Waals surface area contributed by atoms with Crippen LogP contribution in [0.25, 0.3) is 0 Å². The quantitative estimate of drug-likeness (QED) is 0.194. The van der Waals surface area contributed by atoms with Gasteiger partial charge in [-0.3, -0.25) is 14.4 Å². The van der Waals surface area contributed by atoms with Crippen LogP contribution in [0.2, 0.25) is 0 Å². The lowest BCUT2D eigenvalue weighted by Crippen LogP contribution is -2.29. The summed E-state index contributed by atoms with van der Waals surface area (Å²) in [6, 6.07) is 0. The first kappa shape index (κ1) is 27.1. The zero-order valence-corrected chi connectivity index (χ0v) is 19.6. The van der Waals surface area contributed by atoms with E-state index in [0.29, 0.717) is 12.4 Å². The highest BCUT2D eigenvalue weighted by Crippen LogP contribution is 2.18. The number of halogens is 1. The minimum atomic E-state index is -0.889. The lowest BCUT2D eigenvalue weighted by atomic mass is 9.96. The number of ketones is 1. The maximum absolute atomic E-state index is 12.6. The van der Waals surface area contributed by atoms with Crippen LogP contribution in [-0.2, 0) is 30.3 Å². The number of nitrogens with one attached hydrogen (secondary N) is 1. The number of hydrogen-bond acceptors (Lipinski definition) is 6. The summed E-state index contributed by atoms with van der Waals surface area (Å²) in [5.41, 5.74) is 0. The molecular formula is C23H37ClN2O5. The van der Waals surface area contributed by atoms with Crippen LogP contribution in [0.1, 0.15) is 83.9 Å². The van der Waals surface area contributed by atoms with Crippen molar-refractivity contribution in [1.82, 2.24) is 9.97 Å². The normalized spacial score (nSPS) is 12.9. The van der Waals surface area contributed by atoms with Crippen LogP contribution in [-0.4, -0.2) is 46.3 Å². The van der Waals surface area contributed by atoms with E-state index in [-0.39, 0.29) is 31.7 Å². The largest absolute Gasteiger partial charge is 0.466 e. The minimum Gasteiger partial charge on any atom is -0.466 e. The molecule has 1 aromatic heterocycles. The summed E-state index contributed by atoms with van der Waals surface area (Å²) in [4.78, 5) is 44.3. The third kappa shape index (κ3) is 12.5. The van der Waals surface area contributed by atoms with Crippen LogP contribution < -0.4 is 0 Å². The van der Waals surface area contributed by atoms with Crippen LogP contribution in [0, 0.1) is 5.92 Å². The third-order valence-electron chi connectivity index (χ3n) is 4.97. The number of H-pyrrole nitrogens is 1. The number of aromatic amines is 1. The lowest BCUT2D eigenvalue weighted by molar-refractivity contribution is -0.156. The molecule has 176 valence electrons. The van der Waals surface area contributed by atoms with Crippen LogP contribution in [0.4, 0.5) is 0 Å². The predicted molar refractivity (Wildman–Crippen MR) is 120 cm³/mol. The first-order valence-corrected chi connectivity index (χ1v) is 11.9. The van der Waals surface area contributed by atoms with Gasteiger partial charge in [0.2, 0.25) is 0 Å². The second kappa shape index (κ2) is 16.8. The molecule has 0 aliphatic carbocycles. The Morgan fingerprint density at radius 1 is 0.968 bits per heavy atom. The smallest absolute Gasteiger partial charge is 0.309 e. The van der Waals surface area contributed by atoms with Gasteiger partial charge in [-0.2, -0.15) is 0 Å². The standard InChI is InChI=1S/C23H37ClN2O5/c1-3-5-7-9-13-30-22(28)16-18(23(29)31-14-10-8-6-4-2)15-20(27)19(24)17-21-25-11-12-26-21/h11-12,18-19H,3-10,13-17H2,1-2H3,(H,25,26)/t18-,19+/m1/s1. The van der Waals surface area contributed by atoms with E-state index in [1.807, 2.05) is 0 Å². The van der Waals surface area contributed by atoms with Crippen LogP contribution in [0.15, 0.2) is 12.4 Å². The zero-order chi connectivity index (χ0) is 22.9. The van der Waals surface area contributed by atoms with Crippen molar-refractivity contribution in [2.75, 3.05) is 13.2 Å². The van der Waals surface area contributed by atoms with Crippen molar-refractivity contribution < 1.29 is 23.9 Å². The summed E-state index contributed by atoms with van der Waals surface area (Å²) in [5, 5.41) is -0.837. The number of alkyl halides is 1. The molecule has 0 radical (unpaired) electrons. The first-order chi connectivity index (χ1) is 15.0. The molecule has 1 N–H and O–H groups in total. The number of nitrogens with zero attached hydrogens (tertiary/aromatic N) is 1. The number of aromatic nitrogens is 2. The number of esters is 2. The van der Waals surface area contributed by atoms with Gasteiger partial charge in [-0.15, -0.1) is 11.6 Å². The Labute approximate surface area is 190 Å². The van der Waals surface area contributed by atoms with Gasteiger partial charge in [0.1, 0.15) is 5.82 Å². The van der Waals surface area contributed by atoms with E-state index in [1.54, 1.807) is 12.4 Å². The number of hydrogen-bond donors (Lipinski definition) is 1. The molecule has 0 unspecified atom stereocenters. The molecule has 7 nitrogen and oxygen atoms in total. The highest BCUT2D eigenvalue weighted by molar-refractivity contribution is 6.31. The van der Waals surface area contributed by atoms with Crippen molar-refractivity contribution >= 4 is 29.3 Å². The summed E-state index contributed by atoms with van der Waals surface area (Å²) in [7, 11) is 0. The van der Waals surface area contributed by atoms with Gasteiger partial charge in [-0.25, -0.2) is 4.98 Å². The number of carbonyl (C=O) groups is 3. The molecule has 2 atom stereocenters. The number of unbranched alkanes of at least 4 members (excludes halogenated alkanes) is 6. The van der Waals surface area contributed by atoms with E-state index < -0.39 is 23.2 Å².